The van der Waals surface area contributed by atoms with Crippen LogP contribution in [0.15, 0.2) is 30.3 Å². The van der Waals surface area contributed by atoms with Crippen molar-refractivity contribution >= 4 is 5.91 Å². The van der Waals surface area contributed by atoms with Crippen molar-refractivity contribution in [2.75, 3.05) is 19.6 Å². The van der Waals surface area contributed by atoms with Gasteiger partial charge in [-0.2, -0.15) is 0 Å². The summed E-state index contributed by atoms with van der Waals surface area (Å²) in [6, 6.07) is 10.3. The molecule has 3 heteroatoms. The quantitative estimate of drug-likeness (QED) is 0.882. The van der Waals surface area contributed by atoms with Gasteiger partial charge >= 0.3 is 0 Å². The summed E-state index contributed by atoms with van der Waals surface area (Å²) < 4.78 is 0. The van der Waals surface area contributed by atoms with Gasteiger partial charge in [-0.1, -0.05) is 37.3 Å². The minimum Gasteiger partial charge on any atom is -0.338 e. The highest BCUT2D eigenvalue weighted by Gasteiger charge is 2.25. The van der Waals surface area contributed by atoms with Crippen LogP contribution in [0.5, 0.6) is 0 Å². The molecule has 1 atom stereocenters. The number of nitrogens with zero attached hydrogens (tertiary/aromatic N) is 1. The van der Waals surface area contributed by atoms with E-state index in [1.165, 1.54) is 5.56 Å². The molecule has 1 amide bonds. The van der Waals surface area contributed by atoms with E-state index < -0.39 is 0 Å². The molecule has 1 N–H and O–H groups in total. The first kappa shape index (κ1) is 14.1. The van der Waals surface area contributed by atoms with Crippen LogP contribution in [-0.4, -0.2) is 30.4 Å². The molecule has 104 valence electrons. The van der Waals surface area contributed by atoms with Gasteiger partial charge in [0, 0.05) is 19.6 Å². The van der Waals surface area contributed by atoms with Gasteiger partial charge in [0.1, 0.15) is 0 Å². The predicted molar refractivity (Wildman–Crippen MR) is 77.7 cm³/mol. The zero-order valence-corrected chi connectivity index (χ0v) is 11.8. The van der Waals surface area contributed by atoms with E-state index in [0.717, 1.165) is 45.4 Å². The third-order valence-electron chi connectivity index (χ3n) is 3.67. The van der Waals surface area contributed by atoms with E-state index in [0.29, 0.717) is 5.91 Å². The number of carbonyl (C=O) groups is 1. The van der Waals surface area contributed by atoms with Crippen molar-refractivity contribution in [3.63, 3.8) is 0 Å². The summed E-state index contributed by atoms with van der Waals surface area (Å²) in [5.74, 6) is 0.488. The highest BCUT2D eigenvalue weighted by molar-refractivity contribution is 5.79. The molecule has 1 aromatic rings. The van der Waals surface area contributed by atoms with Gasteiger partial charge in [-0.3, -0.25) is 4.79 Å². The fraction of sp³-hybridized carbons (Fsp3) is 0.562. The molecule has 2 rings (SSSR count). The first-order valence-electron chi connectivity index (χ1n) is 7.34. The molecule has 0 saturated carbocycles. The fourth-order valence-electron chi connectivity index (χ4n) is 2.66. The van der Waals surface area contributed by atoms with Crippen molar-refractivity contribution in [2.45, 2.75) is 32.7 Å². The number of hydrogen-bond donors (Lipinski definition) is 1. The largest absolute Gasteiger partial charge is 0.338 e. The molecule has 0 aliphatic carbocycles. The lowest BCUT2D eigenvalue weighted by Gasteiger charge is -2.29. The number of hydrogen-bond acceptors (Lipinski definition) is 2. The van der Waals surface area contributed by atoms with E-state index in [-0.39, 0.29) is 5.92 Å². The zero-order chi connectivity index (χ0) is 13.5. The molecular formula is C16H24N2O. The van der Waals surface area contributed by atoms with Crippen LogP contribution in [-0.2, 0) is 11.3 Å². The fourth-order valence-corrected chi connectivity index (χ4v) is 2.66. The maximum Gasteiger partial charge on any atom is 0.227 e. The van der Waals surface area contributed by atoms with Crippen LogP contribution in [0.25, 0.3) is 0 Å². The van der Waals surface area contributed by atoms with Gasteiger partial charge in [0.05, 0.1) is 5.92 Å². The third kappa shape index (κ3) is 4.06. The molecule has 0 radical (unpaired) electrons. The Bertz CT molecular complexity index is 385. The van der Waals surface area contributed by atoms with Crippen molar-refractivity contribution in [3.8, 4) is 0 Å². The van der Waals surface area contributed by atoms with E-state index in [2.05, 4.69) is 24.4 Å². The average Bonchev–Trinajstić information content (AvgIpc) is 2.48. The van der Waals surface area contributed by atoms with Gasteiger partial charge in [0.25, 0.3) is 0 Å². The summed E-state index contributed by atoms with van der Waals surface area (Å²) in [5.41, 5.74) is 1.22. The standard InChI is InChI=1S/C16H24N2O/c1-2-11-18(13-14-7-4-3-5-8-14)16(19)15-9-6-10-17-12-15/h3-5,7-8,15,17H,2,6,9-13H2,1H3/t15-/m1/s1. The Morgan fingerprint density at radius 1 is 1.37 bits per heavy atom. The lowest BCUT2D eigenvalue weighted by Crippen LogP contribution is -2.43. The van der Waals surface area contributed by atoms with Gasteiger partial charge in [-0.05, 0) is 31.4 Å². The molecule has 1 aliphatic heterocycles. The van der Waals surface area contributed by atoms with E-state index >= 15 is 0 Å². The minimum atomic E-state index is 0.170. The highest BCUT2D eigenvalue weighted by Crippen LogP contribution is 2.16. The normalized spacial score (nSPS) is 19.1. The van der Waals surface area contributed by atoms with Crippen molar-refractivity contribution in [1.29, 1.82) is 0 Å². The van der Waals surface area contributed by atoms with E-state index in [9.17, 15) is 4.79 Å². The molecule has 1 heterocycles. The van der Waals surface area contributed by atoms with Crippen LogP contribution in [0.3, 0.4) is 0 Å². The summed E-state index contributed by atoms with van der Waals surface area (Å²) in [5, 5.41) is 3.33. The Morgan fingerprint density at radius 3 is 2.79 bits per heavy atom. The average molecular weight is 260 g/mol. The van der Waals surface area contributed by atoms with E-state index in [1.54, 1.807) is 0 Å². The minimum absolute atomic E-state index is 0.170. The molecule has 0 spiro atoms. The van der Waals surface area contributed by atoms with Crippen molar-refractivity contribution in [1.82, 2.24) is 10.2 Å². The van der Waals surface area contributed by atoms with Crippen molar-refractivity contribution < 1.29 is 4.79 Å². The molecule has 0 aromatic heterocycles. The van der Waals surface area contributed by atoms with Crippen LogP contribution in [0.4, 0.5) is 0 Å². The molecule has 19 heavy (non-hydrogen) atoms. The smallest absolute Gasteiger partial charge is 0.227 e. The lowest BCUT2D eigenvalue weighted by molar-refractivity contribution is -0.136. The Labute approximate surface area is 116 Å². The predicted octanol–water partition coefficient (Wildman–Crippen LogP) is 2.42. The first-order chi connectivity index (χ1) is 9.31. The second-order valence-electron chi connectivity index (χ2n) is 5.29. The van der Waals surface area contributed by atoms with Gasteiger partial charge < -0.3 is 10.2 Å². The van der Waals surface area contributed by atoms with Gasteiger partial charge in [-0.25, -0.2) is 0 Å². The number of amides is 1. The third-order valence-corrected chi connectivity index (χ3v) is 3.67. The highest BCUT2D eigenvalue weighted by atomic mass is 16.2. The number of piperidine rings is 1. The molecular weight excluding hydrogens is 236 g/mol. The van der Waals surface area contributed by atoms with Crippen molar-refractivity contribution in [3.05, 3.63) is 35.9 Å². The van der Waals surface area contributed by atoms with Crippen LogP contribution in [0.2, 0.25) is 0 Å². The lowest BCUT2D eigenvalue weighted by atomic mass is 9.97. The Hall–Kier alpha value is -1.35. The van der Waals surface area contributed by atoms with Crippen LogP contribution in [0, 0.1) is 5.92 Å². The zero-order valence-electron chi connectivity index (χ0n) is 11.8. The molecule has 1 fully saturated rings. The van der Waals surface area contributed by atoms with Gasteiger partial charge in [0.15, 0.2) is 0 Å². The number of nitrogens with one attached hydrogen (secondary N) is 1. The molecule has 0 bridgehead atoms. The van der Waals surface area contributed by atoms with Crippen LogP contribution >= 0.6 is 0 Å². The molecule has 0 unspecified atom stereocenters. The summed E-state index contributed by atoms with van der Waals surface area (Å²) in [4.78, 5) is 14.6. The Kier molecular flexibility index (Phi) is 5.40. The van der Waals surface area contributed by atoms with Crippen molar-refractivity contribution in [2.24, 2.45) is 5.92 Å². The summed E-state index contributed by atoms with van der Waals surface area (Å²) >= 11 is 0. The number of benzene rings is 1. The SMILES string of the molecule is CCCN(Cc1ccccc1)C(=O)[C@@H]1CCCNC1. The molecule has 3 nitrogen and oxygen atoms in total. The maximum atomic E-state index is 12.6. The summed E-state index contributed by atoms with van der Waals surface area (Å²) in [7, 11) is 0. The van der Waals surface area contributed by atoms with Crippen LogP contribution in [0.1, 0.15) is 31.7 Å². The van der Waals surface area contributed by atoms with Crippen LogP contribution < -0.4 is 5.32 Å². The second-order valence-corrected chi connectivity index (χ2v) is 5.29. The molecule has 1 aromatic carbocycles. The summed E-state index contributed by atoms with van der Waals surface area (Å²) in [6.45, 7) is 5.61. The number of rotatable bonds is 5. The number of carbonyl (C=O) groups excluding carboxylic acids is 1. The maximum absolute atomic E-state index is 12.6. The van der Waals surface area contributed by atoms with Gasteiger partial charge in [0.2, 0.25) is 5.91 Å². The summed E-state index contributed by atoms with van der Waals surface area (Å²) in [6.07, 6.45) is 3.15. The second kappa shape index (κ2) is 7.29. The topological polar surface area (TPSA) is 32.3 Å². The Balaban J connectivity index is 2.00. The molecule has 1 saturated heterocycles. The molecule has 1 aliphatic rings. The van der Waals surface area contributed by atoms with E-state index in [4.69, 9.17) is 0 Å². The van der Waals surface area contributed by atoms with E-state index in [1.807, 2.05) is 23.1 Å². The first-order valence-corrected chi connectivity index (χ1v) is 7.34. The van der Waals surface area contributed by atoms with Gasteiger partial charge in [-0.15, -0.1) is 0 Å². The Morgan fingerprint density at radius 2 is 2.16 bits per heavy atom. The monoisotopic (exact) mass is 260 g/mol.